The molecule has 0 atom stereocenters. The van der Waals surface area contributed by atoms with Crippen molar-refractivity contribution in [1.29, 1.82) is 0 Å². The van der Waals surface area contributed by atoms with Gasteiger partial charge >= 0.3 is 0 Å². The van der Waals surface area contributed by atoms with Crippen molar-refractivity contribution in [3.8, 4) is 0 Å². The molecule has 0 unspecified atom stereocenters. The van der Waals surface area contributed by atoms with Crippen LogP contribution in [0.4, 0.5) is 11.4 Å². The van der Waals surface area contributed by atoms with Gasteiger partial charge in [-0.15, -0.1) is 0 Å². The number of hydrogen-bond donors (Lipinski definition) is 0. The van der Waals surface area contributed by atoms with E-state index in [1.54, 1.807) is 0 Å². The summed E-state index contributed by atoms with van der Waals surface area (Å²) in [7, 11) is 4.38. The van der Waals surface area contributed by atoms with Gasteiger partial charge in [-0.2, -0.15) is 0 Å². The van der Waals surface area contributed by atoms with Gasteiger partial charge in [-0.25, -0.2) is 0 Å². The van der Waals surface area contributed by atoms with E-state index in [4.69, 9.17) is 0 Å². The van der Waals surface area contributed by atoms with Crippen LogP contribution in [-0.2, 0) is 12.8 Å². The maximum atomic E-state index is 4.49. The van der Waals surface area contributed by atoms with Crippen LogP contribution < -0.4 is 4.90 Å². The molecule has 0 amide bonds. The van der Waals surface area contributed by atoms with Gasteiger partial charge in [0.2, 0.25) is 0 Å². The Balaban J connectivity index is 1.52. The van der Waals surface area contributed by atoms with Crippen LogP contribution in [0.15, 0.2) is 47.5 Å². The molecule has 2 fully saturated rings. The summed E-state index contributed by atoms with van der Waals surface area (Å²) in [6, 6.07) is 11.3. The van der Waals surface area contributed by atoms with E-state index in [1.165, 1.54) is 71.4 Å². The van der Waals surface area contributed by atoms with Gasteiger partial charge in [0.25, 0.3) is 0 Å². The van der Waals surface area contributed by atoms with E-state index < -0.39 is 0 Å². The summed E-state index contributed by atoms with van der Waals surface area (Å²) in [4.78, 5) is 11.7. The molecule has 204 valence electrons. The summed E-state index contributed by atoms with van der Waals surface area (Å²) >= 11 is 0. The molecule has 2 aliphatic heterocycles. The summed E-state index contributed by atoms with van der Waals surface area (Å²) in [5.41, 5.74) is 11.3. The summed E-state index contributed by atoms with van der Waals surface area (Å²) in [5.74, 6) is 1.60. The van der Waals surface area contributed by atoms with Crippen LogP contribution in [0.25, 0.3) is 11.8 Å². The second kappa shape index (κ2) is 12.3. The quantitative estimate of drug-likeness (QED) is 0.313. The van der Waals surface area contributed by atoms with E-state index in [1.807, 2.05) is 0 Å². The van der Waals surface area contributed by atoms with Gasteiger partial charge in [-0.1, -0.05) is 50.3 Å². The zero-order valence-corrected chi connectivity index (χ0v) is 24.7. The van der Waals surface area contributed by atoms with Crippen molar-refractivity contribution in [1.82, 2.24) is 9.80 Å². The first kappa shape index (κ1) is 28.2. The smallest absolute Gasteiger partial charge is 0.0865 e. The number of benzene rings is 2. The molecule has 0 radical (unpaired) electrons. The minimum absolute atomic E-state index is 0.792. The van der Waals surface area contributed by atoms with Crippen molar-refractivity contribution in [3.05, 3.63) is 70.3 Å². The van der Waals surface area contributed by atoms with E-state index in [0.29, 0.717) is 0 Å². The molecule has 2 heterocycles. The molecule has 0 aromatic heterocycles. The molecule has 4 nitrogen and oxygen atoms in total. The molecular weight excluding hydrogens is 464 g/mol. The Bertz CT molecular complexity index is 1180. The van der Waals surface area contributed by atoms with Crippen molar-refractivity contribution in [2.45, 2.75) is 53.4 Å². The van der Waals surface area contributed by atoms with Gasteiger partial charge in [0, 0.05) is 45.5 Å². The lowest BCUT2D eigenvalue weighted by Gasteiger charge is -2.36. The highest BCUT2D eigenvalue weighted by molar-refractivity contribution is 5.79. The fourth-order valence-corrected chi connectivity index (χ4v) is 6.25. The number of likely N-dealkylation sites (tertiary alicyclic amines) is 2. The summed E-state index contributed by atoms with van der Waals surface area (Å²) < 4.78 is 0. The molecule has 2 aromatic rings. The van der Waals surface area contributed by atoms with E-state index in [2.05, 4.69) is 111 Å². The van der Waals surface area contributed by atoms with Crippen LogP contribution >= 0.6 is 0 Å². The Hall–Kier alpha value is -2.85. The number of nitrogens with zero attached hydrogens (tertiary/aromatic N) is 4. The van der Waals surface area contributed by atoms with Crippen molar-refractivity contribution >= 4 is 29.9 Å². The predicted molar refractivity (Wildman–Crippen MR) is 167 cm³/mol. The minimum atomic E-state index is 0.792. The Morgan fingerprint density at radius 2 is 1.87 bits per heavy atom. The van der Waals surface area contributed by atoms with Crippen LogP contribution in [0.1, 0.15) is 61.4 Å². The predicted octanol–water partition coefficient (Wildman–Crippen LogP) is 7.24. The molecule has 2 aliphatic rings. The molecule has 0 saturated carbocycles. The zero-order chi connectivity index (χ0) is 27.4. The van der Waals surface area contributed by atoms with Crippen molar-refractivity contribution in [3.63, 3.8) is 0 Å². The van der Waals surface area contributed by atoms with E-state index in [-0.39, 0.29) is 0 Å². The molecule has 0 spiro atoms. The Kier molecular flexibility index (Phi) is 9.15. The van der Waals surface area contributed by atoms with Crippen LogP contribution in [-0.4, -0.2) is 63.3 Å². The molecule has 2 aromatic carbocycles. The number of rotatable bonds is 10. The highest BCUT2D eigenvalue weighted by Crippen LogP contribution is 2.37. The lowest BCUT2D eigenvalue weighted by Crippen LogP contribution is -2.44. The summed E-state index contributed by atoms with van der Waals surface area (Å²) in [6.45, 7) is 23.0. The number of aryl methyl sites for hydroxylation is 1. The second-order valence-electron chi connectivity index (χ2n) is 11.9. The number of hydrogen-bond acceptors (Lipinski definition) is 4. The Morgan fingerprint density at radius 3 is 2.50 bits per heavy atom. The Labute approximate surface area is 231 Å². The Morgan fingerprint density at radius 1 is 1.16 bits per heavy atom. The van der Waals surface area contributed by atoms with Gasteiger partial charge < -0.3 is 14.7 Å². The van der Waals surface area contributed by atoms with Crippen LogP contribution in [0.3, 0.4) is 0 Å². The topological polar surface area (TPSA) is 22.1 Å². The van der Waals surface area contributed by atoms with Gasteiger partial charge in [0.1, 0.15) is 0 Å². The van der Waals surface area contributed by atoms with Gasteiger partial charge in [-0.05, 0) is 105 Å². The van der Waals surface area contributed by atoms with Crippen molar-refractivity contribution < 1.29 is 0 Å². The molecule has 4 heteroatoms. The van der Waals surface area contributed by atoms with E-state index >= 15 is 0 Å². The second-order valence-corrected chi connectivity index (χ2v) is 11.9. The number of piperidine rings is 1. The largest absolute Gasteiger partial charge is 0.372 e. The third-order valence-corrected chi connectivity index (χ3v) is 8.62. The van der Waals surface area contributed by atoms with E-state index in [0.717, 1.165) is 49.3 Å². The fraction of sp³-hybridized carbons (Fsp3) is 0.500. The standard InChI is InChI=1S/C34H48N4/c1-9-29-19-32(27(5)38-15-13-24(2)14-16-38)20-33(35-6)34(29)37(8)21-25(3)17-30-11-10-12-31(26(30)4)18-28-22-36(7)23-28/h10-12,17,19-20,24,28H,5-6,9,13-16,18,21-23H2,1-4,7-8H3/b25-17+. The molecule has 0 N–H and O–H groups in total. The van der Waals surface area contributed by atoms with Gasteiger partial charge in [0.05, 0.1) is 11.4 Å². The lowest BCUT2D eigenvalue weighted by molar-refractivity contribution is 0.134. The molecular formula is C34H48N4. The zero-order valence-electron chi connectivity index (χ0n) is 24.7. The number of aliphatic imine (C=N–C) groups is 1. The monoisotopic (exact) mass is 512 g/mol. The highest BCUT2D eigenvalue weighted by Gasteiger charge is 2.24. The molecule has 2 saturated heterocycles. The van der Waals surface area contributed by atoms with Crippen LogP contribution in [0.2, 0.25) is 0 Å². The minimum Gasteiger partial charge on any atom is -0.372 e. The molecule has 0 bridgehead atoms. The van der Waals surface area contributed by atoms with Crippen molar-refractivity contribution in [2.75, 3.05) is 51.7 Å². The summed E-state index contributed by atoms with van der Waals surface area (Å²) in [5, 5.41) is 0. The molecule has 38 heavy (non-hydrogen) atoms. The van der Waals surface area contributed by atoms with Crippen molar-refractivity contribution in [2.24, 2.45) is 16.8 Å². The first-order valence-corrected chi connectivity index (χ1v) is 14.4. The highest BCUT2D eigenvalue weighted by atomic mass is 15.2. The first-order valence-electron chi connectivity index (χ1n) is 14.4. The van der Waals surface area contributed by atoms with Crippen LogP contribution in [0, 0.1) is 18.8 Å². The lowest BCUT2D eigenvalue weighted by atomic mass is 9.89. The molecule has 4 rings (SSSR count). The van der Waals surface area contributed by atoms with E-state index in [9.17, 15) is 0 Å². The maximum absolute atomic E-state index is 4.49. The number of likely N-dealkylation sites (N-methyl/N-ethyl adjacent to an activating group) is 1. The van der Waals surface area contributed by atoms with Gasteiger partial charge in [-0.3, -0.25) is 4.99 Å². The first-order chi connectivity index (χ1) is 18.2. The van der Waals surface area contributed by atoms with Gasteiger partial charge in [0.15, 0.2) is 0 Å². The third kappa shape index (κ3) is 6.40. The van der Waals surface area contributed by atoms with Crippen LogP contribution in [0.5, 0.6) is 0 Å². The summed E-state index contributed by atoms with van der Waals surface area (Å²) in [6.07, 6.45) is 6.96. The normalized spacial score (nSPS) is 17.4. The SMILES string of the molecule is C=Nc1cc(C(=C)N2CCC(C)CC2)cc(CC)c1N(C)C/C(C)=C/c1cccc(CC2CN(C)C2)c1C. The fourth-order valence-electron chi connectivity index (χ4n) is 6.25. The average molecular weight is 513 g/mol. The molecule has 0 aliphatic carbocycles. The average Bonchev–Trinajstić information content (AvgIpc) is 2.89. The third-order valence-electron chi connectivity index (χ3n) is 8.62. The number of anilines is 1. The maximum Gasteiger partial charge on any atom is 0.0865 e.